The van der Waals surface area contributed by atoms with Gasteiger partial charge in [-0.15, -0.1) is 0 Å². The van der Waals surface area contributed by atoms with E-state index in [0.29, 0.717) is 11.3 Å². The predicted molar refractivity (Wildman–Crippen MR) is 121 cm³/mol. The summed E-state index contributed by atoms with van der Waals surface area (Å²) in [7, 11) is 0. The van der Waals surface area contributed by atoms with Crippen molar-refractivity contribution in [1.29, 1.82) is 0 Å². The van der Waals surface area contributed by atoms with E-state index in [2.05, 4.69) is 68.7 Å². The SMILES string of the molecule is CCN(Cc1ccccc1)c1ccc(/C=N\Nc2nc(C)c(CCO)c(=O)[nH]2)cc1. The van der Waals surface area contributed by atoms with Crippen LogP contribution in [-0.4, -0.2) is 34.4 Å². The van der Waals surface area contributed by atoms with Crippen LogP contribution in [0.5, 0.6) is 0 Å². The molecule has 0 aliphatic carbocycles. The van der Waals surface area contributed by atoms with Crippen LogP contribution < -0.4 is 15.9 Å². The standard InChI is InChI=1S/C23H27N5O2/c1-3-28(16-19-7-5-4-6-8-19)20-11-9-18(10-12-20)15-24-27-23-25-17(2)21(13-14-29)22(30)26-23/h4-12,15,29H,3,13-14,16H2,1-2H3,(H2,25,26,27,30)/b24-15-. The van der Waals surface area contributed by atoms with Gasteiger partial charge in [-0.2, -0.15) is 5.10 Å². The normalized spacial score (nSPS) is 11.0. The van der Waals surface area contributed by atoms with Crippen molar-refractivity contribution in [2.75, 3.05) is 23.5 Å². The molecule has 3 aromatic rings. The van der Waals surface area contributed by atoms with E-state index < -0.39 is 0 Å². The highest BCUT2D eigenvalue weighted by Gasteiger charge is 2.07. The summed E-state index contributed by atoms with van der Waals surface area (Å²) in [5, 5.41) is 13.2. The van der Waals surface area contributed by atoms with Gasteiger partial charge in [0.25, 0.3) is 5.56 Å². The number of aromatic nitrogens is 2. The first kappa shape index (κ1) is 21.3. The number of nitrogens with one attached hydrogen (secondary N) is 2. The van der Waals surface area contributed by atoms with Crippen molar-refractivity contribution < 1.29 is 5.11 Å². The summed E-state index contributed by atoms with van der Waals surface area (Å²) >= 11 is 0. The molecule has 1 heterocycles. The fourth-order valence-corrected chi connectivity index (χ4v) is 3.20. The average molecular weight is 406 g/mol. The van der Waals surface area contributed by atoms with Crippen LogP contribution in [0.15, 0.2) is 64.5 Å². The van der Waals surface area contributed by atoms with Gasteiger partial charge < -0.3 is 10.0 Å². The number of H-pyrrole nitrogens is 1. The first-order valence-corrected chi connectivity index (χ1v) is 9.99. The van der Waals surface area contributed by atoms with Gasteiger partial charge in [0.1, 0.15) is 0 Å². The molecule has 3 N–H and O–H groups in total. The Bertz CT molecular complexity index is 1030. The van der Waals surface area contributed by atoms with Gasteiger partial charge in [0.2, 0.25) is 5.95 Å². The van der Waals surface area contributed by atoms with Gasteiger partial charge >= 0.3 is 0 Å². The van der Waals surface area contributed by atoms with Crippen LogP contribution in [0, 0.1) is 6.92 Å². The summed E-state index contributed by atoms with van der Waals surface area (Å²) in [5.41, 5.74) is 6.90. The molecule has 0 saturated carbocycles. The number of anilines is 2. The highest BCUT2D eigenvalue weighted by atomic mass is 16.3. The van der Waals surface area contributed by atoms with E-state index >= 15 is 0 Å². The second kappa shape index (κ2) is 10.4. The van der Waals surface area contributed by atoms with Crippen molar-refractivity contribution in [2.45, 2.75) is 26.8 Å². The van der Waals surface area contributed by atoms with E-state index in [1.807, 2.05) is 18.2 Å². The zero-order valence-electron chi connectivity index (χ0n) is 17.3. The van der Waals surface area contributed by atoms with Crippen molar-refractivity contribution in [1.82, 2.24) is 9.97 Å². The number of nitrogens with zero attached hydrogens (tertiary/aromatic N) is 3. The fraction of sp³-hybridized carbons (Fsp3) is 0.261. The van der Waals surface area contributed by atoms with E-state index in [-0.39, 0.29) is 24.5 Å². The average Bonchev–Trinajstić information content (AvgIpc) is 2.76. The lowest BCUT2D eigenvalue weighted by molar-refractivity contribution is 0.298. The van der Waals surface area contributed by atoms with Gasteiger partial charge in [-0.3, -0.25) is 9.78 Å². The lowest BCUT2D eigenvalue weighted by atomic mass is 10.1. The molecule has 1 aromatic heterocycles. The molecule has 3 rings (SSSR count). The zero-order chi connectivity index (χ0) is 21.3. The number of rotatable bonds is 9. The summed E-state index contributed by atoms with van der Waals surface area (Å²) in [5.74, 6) is 0.270. The summed E-state index contributed by atoms with van der Waals surface area (Å²) in [6, 6.07) is 18.5. The molecule has 0 radical (unpaired) electrons. The largest absolute Gasteiger partial charge is 0.396 e. The third kappa shape index (κ3) is 5.55. The molecule has 0 saturated heterocycles. The molecule has 0 spiro atoms. The Kier molecular flexibility index (Phi) is 7.34. The van der Waals surface area contributed by atoms with Crippen molar-refractivity contribution in [3.8, 4) is 0 Å². The second-order valence-electron chi connectivity index (χ2n) is 6.91. The maximum absolute atomic E-state index is 12.0. The fourth-order valence-electron chi connectivity index (χ4n) is 3.20. The van der Waals surface area contributed by atoms with E-state index in [4.69, 9.17) is 5.11 Å². The molecule has 0 fully saturated rings. The molecule has 7 nitrogen and oxygen atoms in total. The van der Waals surface area contributed by atoms with Crippen LogP contribution in [0.3, 0.4) is 0 Å². The van der Waals surface area contributed by atoms with Crippen LogP contribution in [0.4, 0.5) is 11.6 Å². The molecule has 0 bridgehead atoms. The Balaban J connectivity index is 1.64. The zero-order valence-corrected chi connectivity index (χ0v) is 17.3. The molecule has 2 aromatic carbocycles. The molecule has 0 unspecified atom stereocenters. The quantitative estimate of drug-likeness (QED) is 0.376. The topological polar surface area (TPSA) is 93.6 Å². The van der Waals surface area contributed by atoms with E-state index in [1.165, 1.54) is 5.56 Å². The van der Waals surface area contributed by atoms with Gasteiger partial charge in [-0.1, -0.05) is 42.5 Å². The van der Waals surface area contributed by atoms with Crippen LogP contribution in [0.1, 0.15) is 29.3 Å². The highest BCUT2D eigenvalue weighted by molar-refractivity contribution is 5.80. The van der Waals surface area contributed by atoms with Crippen LogP contribution in [-0.2, 0) is 13.0 Å². The minimum absolute atomic E-state index is 0.0899. The number of aliphatic hydroxyl groups excluding tert-OH is 1. The molecule has 0 aliphatic heterocycles. The Morgan fingerprint density at radius 1 is 1.17 bits per heavy atom. The van der Waals surface area contributed by atoms with Gasteiger partial charge in [0.15, 0.2) is 0 Å². The lowest BCUT2D eigenvalue weighted by Gasteiger charge is -2.23. The summed E-state index contributed by atoms with van der Waals surface area (Å²) in [6.07, 6.45) is 1.96. The van der Waals surface area contributed by atoms with Crippen LogP contribution >= 0.6 is 0 Å². The lowest BCUT2D eigenvalue weighted by Crippen LogP contribution is -2.21. The first-order valence-electron chi connectivity index (χ1n) is 9.99. The number of aromatic amines is 1. The summed E-state index contributed by atoms with van der Waals surface area (Å²) in [4.78, 5) is 21.3. The number of hydrazone groups is 1. The number of aliphatic hydroxyl groups is 1. The third-order valence-electron chi connectivity index (χ3n) is 4.82. The first-order chi connectivity index (χ1) is 14.6. The molecule has 0 aliphatic rings. The molecule has 30 heavy (non-hydrogen) atoms. The van der Waals surface area contributed by atoms with Crippen LogP contribution in [0.25, 0.3) is 0 Å². The smallest absolute Gasteiger partial charge is 0.255 e. The van der Waals surface area contributed by atoms with Gasteiger partial charge in [-0.25, -0.2) is 10.4 Å². The van der Waals surface area contributed by atoms with Crippen LogP contribution in [0.2, 0.25) is 0 Å². The van der Waals surface area contributed by atoms with Crippen molar-refractivity contribution in [2.24, 2.45) is 5.10 Å². The Morgan fingerprint density at radius 2 is 1.90 bits per heavy atom. The Morgan fingerprint density at radius 3 is 2.53 bits per heavy atom. The number of benzene rings is 2. The third-order valence-corrected chi connectivity index (χ3v) is 4.82. The second-order valence-corrected chi connectivity index (χ2v) is 6.91. The highest BCUT2D eigenvalue weighted by Crippen LogP contribution is 2.17. The summed E-state index contributed by atoms with van der Waals surface area (Å²) < 4.78 is 0. The number of hydrogen-bond donors (Lipinski definition) is 3. The molecule has 7 heteroatoms. The monoisotopic (exact) mass is 405 g/mol. The van der Waals surface area contributed by atoms with E-state index in [0.717, 1.165) is 24.3 Å². The van der Waals surface area contributed by atoms with Gasteiger partial charge in [0.05, 0.1) is 11.9 Å². The van der Waals surface area contributed by atoms with Crippen molar-refractivity contribution >= 4 is 17.9 Å². The predicted octanol–water partition coefficient (Wildman–Crippen LogP) is 3.09. The number of aryl methyl sites for hydroxylation is 1. The van der Waals surface area contributed by atoms with Gasteiger partial charge in [0, 0.05) is 37.4 Å². The van der Waals surface area contributed by atoms with Crippen molar-refractivity contribution in [3.05, 3.63) is 87.3 Å². The molecular formula is C23H27N5O2. The van der Waals surface area contributed by atoms with E-state index in [1.54, 1.807) is 13.1 Å². The Labute approximate surface area is 176 Å². The molecule has 156 valence electrons. The summed E-state index contributed by atoms with van der Waals surface area (Å²) in [6.45, 7) is 5.56. The number of hydrogen-bond acceptors (Lipinski definition) is 6. The molecule has 0 atom stereocenters. The maximum atomic E-state index is 12.0. The van der Waals surface area contributed by atoms with Crippen molar-refractivity contribution in [3.63, 3.8) is 0 Å². The van der Waals surface area contributed by atoms with Gasteiger partial charge in [-0.05, 0) is 37.1 Å². The van der Waals surface area contributed by atoms with E-state index in [9.17, 15) is 4.79 Å². The minimum Gasteiger partial charge on any atom is -0.396 e. The Hall–Kier alpha value is -3.45. The maximum Gasteiger partial charge on any atom is 0.255 e. The molecule has 0 amide bonds. The molecular weight excluding hydrogens is 378 g/mol. The minimum atomic E-state index is -0.267.